The highest BCUT2D eigenvalue weighted by Gasteiger charge is 2.29. The van der Waals surface area contributed by atoms with Crippen molar-refractivity contribution in [1.82, 2.24) is 0 Å². The van der Waals surface area contributed by atoms with Crippen LogP contribution >= 0.6 is 0 Å². The lowest BCUT2D eigenvalue weighted by atomic mass is 10.5. The zero-order valence-corrected chi connectivity index (χ0v) is 8.51. The molecule has 0 aliphatic rings. The van der Waals surface area contributed by atoms with Gasteiger partial charge in [0.2, 0.25) is 8.32 Å². The standard InChI is InChI=1S/C7H18O2Si/c1-6(2)9-10(4,5)7(3)8/h6-8H,1-5H3. The Morgan fingerprint density at radius 2 is 1.60 bits per heavy atom. The first-order valence-corrected chi connectivity index (χ1v) is 6.70. The predicted octanol–water partition coefficient (Wildman–Crippen LogP) is 1.54. The van der Waals surface area contributed by atoms with E-state index in [1.807, 2.05) is 26.9 Å². The molecule has 0 rings (SSSR count). The molecule has 0 aliphatic heterocycles. The SMILES string of the molecule is CC(C)O[Si](C)(C)C(C)O. The maximum Gasteiger partial charge on any atom is 0.214 e. The molecule has 62 valence electrons. The summed E-state index contributed by atoms with van der Waals surface area (Å²) in [5.74, 6) is 0. The van der Waals surface area contributed by atoms with Crippen molar-refractivity contribution in [2.45, 2.75) is 45.7 Å². The van der Waals surface area contributed by atoms with Gasteiger partial charge in [-0.25, -0.2) is 0 Å². The first-order valence-electron chi connectivity index (χ1n) is 3.72. The van der Waals surface area contributed by atoms with Crippen LogP contribution in [0.15, 0.2) is 0 Å². The summed E-state index contributed by atoms with van der Waals surface area (Å²) in [6.45, 7) is 9.85. The monoisotopic (exact) mass is 162 g/mol. The maximum absolute atomic E-state index is 9.27. The fraction of sp³-hybridized carbons (Fsp3) is 1.00. The molecule has 1 N–H and O–H groups in total. The van der Waals surface area contributed by atoms with Crippen molar-refractivity contribution >= 4 is 8.32 Å². The molecule has 0 radical (unpaired) electrons. The van der Waals surface area contributed by atoms with Crippen LogP contribution in [0, 0.1) is 0 Å². The van der Waals surface area contributed by atoms with Crippen molar-refractivity contribution in [2.75, 3.05) is 0 Å². The number of aliphatic hydroxyl groups excluding tert-OH is 1. The van der Waals surface area contributed by atoms with Crippen molar-refractivity contribution in [3.63, 3.8) is 0 Å². The zero-order chi connectivity index (χ0) is 8.36. The fourth-order valence-corrected chi connectivity index (χ4v) is 2.12. The van der Waals surface area contributed by atoms with Gasteiger partial charge in [0.1, 0.15) is 0 Å². The Hall–Kier alpha value is 0.137. The molecule has 0 aliphatic carbocycles. The average Bonchev–Trinajstić information content (AvgIpc) is 1.60. The number of aliphatic hydroxyl groups is 1. The Kier molecular flexibility index (Phi) is 3.55. The lowest BCUT2D eigenvalue weighted by Gasteiger charge is -2.27. The van der Waals surface area contributed by atoms with E-state index in [0.29, 0.717) is 0 Å². The normalized spacial score (nSPS) is 15.9. The van der Waals surface area contributed by atoms with Gasteiger partial charge in [-0.2, -0.15) is 0 Å². The third-order valence-electron chi connectivity index (χ3n) is 1.55. The summed E-state index contributed by atoms with van der Waals surface area (Å²) in [7, 11) is -1.79. The third kappa shape index (κ3) is 3.34. The molecule has 1 atom stereocenters. The molecule has 10 heavy (non-hydrogen) atoms. The van der Waals surface area contributed by atoms with E-state index in [9.17, 15) is 5.11 Å². The quantitative estimate of drug-likeness (QED) is 0.638. The van der Waals surface area contributed by atoms with Gasteiger partial charge in [-0.3, -0.25) is 0 Å². The molecule has 1 unspecified atom stereocenters. The molecule has 0 spiro atoms. The lowest BCUT2D eigenvalue weighted by Crippen LogP contribution is -2.44. The second-order valence-corrected chi connectivity index (χ2v) is 7.72. The second kappa shape index (κ2) is 3.51. The Balaban J connectivity index is 3.87. The van der Waals surface area contributed by atoms with Crippen molar-refractivity contribution in [2.24, 2.45) is 0 Å². The van der Waals surface area contributed by atoms with Gasteiger partial charge in [0.05, 0.1) is 5.73 Å². The van der Waals surface area contributed by atoms with E-state index in [2.05, 4.69) is 0 Å². The Morgan fingerprint density at radius 3 is 1.70 bits per heavy atom. The minimum atomic E-state index is -1.79. The summed E-state index contributed by atoms with van der Waals surface area (Å²) in [5.41, 5.74) is -0.283. The highest BCUT2D eigenvalue weighted by atomic mass is 28.4. The molecule has 0 heterocycles. The molecular weight excluding hydrogens is 144 g/mol. The Labute approximate surface area is 64.3 Å². The van der Waals surface area contributed by atoms with Crippen LogP contribution in [0.5, 0.6) is 0 Å². The minimum absolute atomic E-state index is 0.233. The largest absolute Gasteiger partial charge is 0.412 e. The van der Waals surface area contributed by atoms with Crippen molar-refractivity contribution in [3.8, 4) is 0 Å². The molecule has 0 fully saturated rings. The van der Waals surface area contributed by atoms with E-state index >= 15 is 0 Å². The molecule has 0 saturated heterocycles. The number of rotatable bonds is 3. The third-order valence-corrected chi connectivity index (χ3v) is 4.64. The van der Waals surface area contributed by atoms with Crippen LogP contribution in [0.4, 0.5) is 0 Å². The summed E-state index contributed by atoms with van der Waals surface area (Å²) in [6, 6.07) is 0. The van der Waals surface area contributed by atoms with Gasteiger partial charge in [-0.05, 0) is 33.9 Å². The smallest absolute Gasteiger partial charge is 0.214 e. The predicted molar refractivity (Wildman–Crippen MR) is 45.4 cm³/mol. The molecular formula is C7H18O2Si. The average molecular weight is 162 g/mol. The molecule has 0 aromatic carbocycles. The summed E-state index contributed by atoms with van der Waals surface area (Å²) >= 11 is 0. The van der Waals surface area contributed by atoms with Gasteiger partial charge in [0.25, 0.3) is 0 Å². The van der Waals surface area contributed by atoms with Gasteiger partial charge >= 0.3 is 0 Å². The Morgan fingerprint density at radius 1 is 1.20 bits per heavy atom. The second-order valence-electron chi connectivity index (χ2n) is 3.45. The van der Waals surface area contributed by atoms with E-state index in [-0.39, 0.29) is 11.8 Å². The van der Waals surface area contributed by atoms with E-state index in [4.69, 9.17) is 4.43 Å². The molecule has 0 bridgehead atoms. The fourth-order valence-electron chi connectivity index (χ4n) is 0.706. The van der Waals surface area contributed by atoms with Crippen molar-refractivity contribution < 1.29 is 9.53 Å². The highest BCUT2D eigenvalue weighted by molar-refractivity contribution is 6.72. The van der Waals surface area contributed by atoms with E-state index < -0.39 is 8.32 Å². The zero-order valence-electron chi connectivity index (χ0n) is 7.51. The summed E-state index contributed by atoms with van der Waals surface area (Å²) in [4.78, 5) is 0. The van der Waals surface area contributed by atoms with Crippen LogP contribution in [0.3, 0.4) is 0 Å². The molecule has 0 aromatic heterocycles. The van der Waals surface area contributed by atoms with Crippen LogP contribution in [-0.2, 0) is 4.43 Å². The molecule has 0 aromatic rings. The van der Waals surface area contributed by atoms with Crippen LogP contribution in [0.25, 0.3) is 0 Å². The summed E-state index contributed by atoms with van der Waals surface area (Å²) in [6.07, 6.45) is 0.233. The highest BCUT2D eigenvalue weighted by Crippen LogP contribution is 2.11. The van der Waals surface area contributed by atoms with Crippen molar-refractivity contribution in [3.05, 3.63) is 0 Å². The van der Waals surface area contributed by atoms with Crippen molar-refractivity contribution in [1.29, 1.82) is 0 Å². The number of hydrogen-bond acceptors (Lipinski definition) is 2. The molecule has 3 heteroatoms. The van der Waals surface area contributed by atoms with Gasteiger partial charge < -0.3 is 9.53 Å². The molecule has 2 nitrogen and oxygen atoms in total. The number of hydrogen-bond donors (Lipinski definition) is 1. The topological polar surface area (TPSA) is 29.5 Å². The van der Waals surface area contributed by atoms with Gasteiger partial charge in [-0.1, -0.05) is 0 Å². The van der Waals surface area contributed by atoms with E-state index in [0.717, 1.165) is 0 Å². The van der Waals surface area contributed by atoms with Gasteiger partial charge in [0.15, 0.2) is 0 Å². The summed E-state index contributed by atoms with van der Waals surface area (Å²) < 4.78 is 5.59. The van der Waals surface area contributed by atoms with Crippen LogP contribution < -0.4 is 0 Å². The van der Waals surface area contributed by atoms with Gasteiger partial charge in [0, 0.05) is 6.10 Å². The molecule has 0 amide bonds. The van der Waals surface area contributed by atoms with Crippen LogP contribution in [0.2, 0.25) is 13.1 Å². The van der Waals surface area contributed by atoms with E-state index in [1.165, 1.54) is 0 Å². The lowest BCUT2D eigenvalue weighted by molar-refractivity contribution is 0.174. The minimum Gasteiger partial charge on any atom is -0.412 e. The Bertz CT molecular complexity index is 99.8. The maximum atomic E-state index is 9.27. The van der Waals surface area contributed by atoms with Gasteiger partial charge in [-0.15, -0.1) is 0 Å². The first kappa shape index (κ1) is 10.1. The summed E-state index contributed by atoms with van der Waals surface area (Å²) in [5, 5.41) is 9.27. The van der Waals surface area contributed by atoms with Crippen LogP contribution in [-0.4, -0.2) is 25.3 Å². The molecule has 0 saturated carbocycles. The van der Waals surface area contributed by atoms with Crippen LogP contribution in [0.1, 0.15) is 20.8 Å². The first-order chi connectivity index (χ1) is 4.36. The van der Waals surface area contributed by atoms with E-state index in [1.54, 1.807) is 6.92 Å².